The minimum atomic E-state index is -0.184. The number of allylic oxidation sites excluding steroid dienone is 4. The second kappa shape index (κ2) is 10.9. The number of rotatable bonds is 2. The van der Waals surface area contributed by atoms with E-state index >= 15 is 0 Å². The van der Waals surface area contributed by atoms with Gasteiger partial charge >= 0.3 is 108 Å². The Morgan fingerprint density at radius 1 is 0.609 bits per heavy atom. The zero-order valence-corrected chi connectivity index (χ0v) is 16.6. The molecule has 2 aromatic carbocycles. The Bertz CT molecular complexity index is 593. The third-order valence-corrected chi connectivity index (χ3v) is 6.25. The van der Waals surface area contributed by atoms with Crippen molar-refractivity contribution in [1.29, 1.82) is 0 Å². The summed E-state index contributed by atoms with van der Waals surface area (Å²) in [7, 11) is 0. The van der Waals surface area contributed by atoms with Crippen LogP contribution in [0, 0.1) is 0 Å². The van der Waals surface area contributed by atoms with Crippen molar-refractivity contribution in [3.8, 4) is 0 Å². The molecule has 0 aliphatic heterocycles. The molecule has 0 saturated heterocycles. The molecule has 0 fully saturated rings. The predicted octanol–water partition coefficient (Wildman–Crippen LogP) is 5.70. The second-order valence-corrected chi connectivity index (χ2v) is 9.05. The molecule has 0 unspecified atom stereocenters. The van der Waals surface area contributed by atoms with Gasteiger partial charge in [-0.3, -0.25) is 0 Å². The van der Waals surface area contributed by atoms with E-state index in [0.717, 1.165) is 10.0 Å². The van der Waals surface area contributed by atoms with E-state index in [1.807, 2.05) is 36.4 Å². The number of benzene rings is 2. The molecule has 0 heterocycles. The van der Waals surface area contributed by atoms with E-state index in [1.54, 1.807) is 0 Å². The summed E-state index contributed by atoms with van der Waals surface area (Å²) in [6, 6.07) is 16.0. The van der Waals surface area contributed by atoms with E-state index in [-0.39, 0.29) is 18.6 Å². The fraction of sp³-hybridized carbons (Fsp3) is 0.200. The van der Waals surface area contributed by atoms with Crippen molar-refractivity contribution in [2.75, 3.05) is 0 Å². The topological polar surface area (TPSA) is 0 Å². The molecular weight excluding hydrogens is 506 g/mol. The molecular formula is C20H20Cl2Pt. The van der Waals surface area contributed by atoms with Crippen molar-refractivity contribution in [3.63, 3.8) is 0 Å². The third-order valence-electron chi connectivity index (χ3n) is 3.05. The Morgan fingerprint density at radius 3 is 1.35 bits per heavy atom. The molecule has 0 spiro atoms. The summed E-state index contributed by atoms with van der Waals surface area (Å²) in [5, 5.41) is 1.60. The van der Waals surface area contributed by atoms with E-state index < -0.39 is 0 Å². The van der Waals surface area contributed by atoms with E-state index in [0.29, 0.717) is 0 Å². The molecule has 1 aliphatic carbocycles. The van der Waals surface area contributed by atoms with Crippen LogP contribution in [0.2, 0.25) is 10.0 Å². The van der Waals surface area contributed by atoms with Crippen LogP contribution >= 0.6 is 23.2 Å². The SMILES string of the molecule is C1=CCCC=CCC1.Clc1ccc[c]([Pt][c]2cccc(Cl)c2)c1. The molecule has 0 saturated carbocycles. The summed E-state index contributed by atoms with van der Waals surface area (Å²) in [4.78, 5) is 0. The average Bonchev–Trinajstić information content (AvgIpc) is 2.47. The van der Waals surface area contributed by atoms with Crippen molar-refractivity contribution in [3.05, 3.63) is 82.9 Å². The van der Waals surface area contributed by atoms with Gasteiger partial charge in [0.1, 0.15) is 0 Å². The maximum absolute atomic E-state index is 5.93. The Morgan fingerprint density at radius 2 is 1.00 bits per heavy atom. The minimum absolute atomic E-state index is 0.184. The molecule has 1 aliphatic rings. The van der Waals surface area contributed by atoms with E-state index in [2.05, 4.69) is 36.4 Å². The van der Waals surface area contributed by atoms with Gasteiger partial charge < -0.3 is 0 Å². The molecule has 0 nitrogen and oxygen atoms in total. The van der Waals surface area contributed by atoms with Gasteiger partial charge in [0.15, 0.2) is 0 Å². The van der Waals surface area contributed by atoms with Crippen molar-refractivity contribution in [2.24, 2.45) is 0 Å². The molecule has 3 rings (SSSR count). The molecule has 124 valence electrons. The maximum atomic E-state index is 5.93. The van der Waals surface area contributed by atoms with Gasteiger partial charge in [0.25, 0.3) is 0 Å². The monoisotopic (exact) mass is 525 g/mol. The van der Waals surface area contributed by atoms with Gasteiger partial charge in [0.2, 0.25) is 0 Å². The normalized spacial score (nSPS) is 13.8. The van der Waals surface area contributed by atoms with Crippen LogP contribution in [0.3, 0.4) is 0 Å². The first kappa shape index (κ1) is 18.5. The summed E-state index contributed by atoms with van der Waals surface area (Å²) in [6.45, 7) is 0. The third kappa shape index (κ3) is 8.02. The van der Waals surface area contributed by atoms with Crippen molar-refractivity contribution in [1.82, 2.24) is 0 Å². The quantitative estimate of drug-likeness (QED) is 0.441. The zero-order valence-electron chi connectivity index (χ0n) is 12.8. The van der Waals surface area contributed by atoms with Crippen LogP contribution in [0.15, 0.2) is 72.8 Å². The van der Waals surface area contributed by atoms with Gasteiger partial charge in [-0.25, -0.2) is 0 Å². The van der Waals surface area contributed by atoms with Crippen LogP contribution in [0.1, 0.15) is 25.7 Å². The molecule has 0 atom stereocenters. The number of halogens is 2. The van der Waals surface area contributed by atoms with Crippen molar-refractivity contribution >= 4 is 31.1 Å². The summed E-state index contributed by atoms with van der Waals surface area (Å²) in [5.41, 5.74) is 0. The molecule has 3 heteroatoms. The molecule has 23 heavy (non-hydrogen) atoms. The first-order valence-corrected chi connectivity index (χ1v) is 10.7. The van der Waals surface area contributed by atoms with Crippen LogP contribution in [-0.2, 0) is 18.6 Å². The molecule has 0 aromatic heterocycles. The summed E-state index contributed by atoms with van der Waals surface area (Å²) in [5.74, 6) is 0. The molecule has 0 N–H and O–H groups in total. The summed E-state index contributed by atoms with van der Waals surface area (Å²) < 4.78 is 2.62. The van der Waals surface area contributed by atoms with Gasteiger partial charge in [-0.1, -0.05) is 24.3 Å². The van der Waals surface area contributed by atoms with Crippen LogP contribution in [0.5, 0.6) is 0 Å². The van der Waals surface area contributed by atoms with E-state index in [1.165, 1.54) is 33.6 Å². The van der Waals surface area contributed by atoms with Gasteiger partial charge in [-0.15, -0.1) is 0 Å². The molecule has 0 amide bonds. The first-order chi connectivity index (χ1) is 11.2. The van der Waals surface area contributed by atoms with Gasteiger partial charge in [0, 0.05) is 0 Å². The van der Waals surface area contributed by atoms with Crippen LogP contribution in [0.25, 0.3) is 0 Å². The zero-order chi connectivity index (χ0) is 16.3. The standard InChI is InChI=1S/C8H12.2C6H4Cl.Pt/c1-2-4-6-8-7-5-3-1;2*7-6-4-2-1-3-5-6;/h1-2,7-8H,3-6H2;2*1-2,4-5H;. The van der Waals surface area contributed by atoms with Crippen LogP contribution < -0.4 is 7.91 Å². The first-order valence-electron chi connectivity index (χ1n) is 7.64. The molecule has 0 radical (unpaired) electrons. The fourth-order valence-corrected chi connectivity index (χ4v) is 5.32. The van der Waals surface area contributed by atoms with Gasteiger partial charge in [0.05, 0.1) is 0 Å². The average molecular weight is 526 g/mol. The summed E-state index contributed by atoms with van der Waals surface area (Å²) in [6.07, 6.45) is 14.0. The predicted molar refractivity (Wildman–Crippen MR) is 98.9 cm³/mol. The Labute approximate surface area is 157 Å². The number of hydrogen-bond acceptors (Lipinski definition) is 0. The fourth-order valence-electron chi connectivity index (χ4n) is 1.95. The van der Waals surface area contributed by atoms with Gasteiger partial charge in [-0.2, -0.15) is 0 Å². The van der Waals surface area contributed by atoms with Crippen molar-refractivity contribution in [2.45, 2.75) is 25.7 Å². The van der Waals surface area contributed by atoms with Crippen LogP contribution in [-0.4, -0.2) is 0 Å². The van der Waals surface area contributed by atoms with Crippen LogP contribution in [0.4, 0.5) is 0 Å². The van der Waals surface area contributed by atoms with Gasteiger partial charge in [-0.05, 0) is 25.7 Å². The second-order valence-electron chi connectivity index (χ2n) is 4.99. The molecule has 2 aromatic rings. The Balaban J connectivity index is 0.000000203. The Hall–Kier alpha value is -0.812. The van der Waals surface area contributed by atoms with E-state index in [9.17, 15) is 0 Å². The summed E-state index contributed by atoms with van der Waals surface area (Å²) >= 11 is 11.7. The van der Waals surface area contributed by atoms with E-state index in [4.69, 9.17) is 23.2 Å². The number of hydrogen-bond donors (Lipinski definition) is 0. The Kier molecular flexibility index (Phi) is 8.75. The molecule has 0 bridgehead atoms. The van der Waals surface area contributed by atoms with Crippen molar-refractivity contribution < 1.29 is 18.6 Å².